The molecule has 8 heteroatoms. The molecule has 3 aromatic rings. The summed E-state index contributed by atoms with van der Waals surface area (Å²) in [4.78, 5) is 26.4. The Kier molecular flexibility index (Phi) is 5.14. The molecule has 1 amide bonds. The number of benzene rings is 2. The molecular weight excluding hydrogens is 357 g/mol. The monoisotopic (exact) mass is 369 g/mol. The van der Waals surface area contributed by atoms with E-state index in [1.807, 2.05) is 0 Å². The molecule has 0 saturated carbocycles. The lowest BCUT2D eigenvalue weighted by Gasteiger charge is -1.98. The Balaban J connectivity index is 1.63. The summed E-state index contributed by atoms with van der Waals surface area (Å²) in [5, 5.41) is 15.4. The van der Waals surface area contributed by atoms with E-state index in [0.717, 1.165) is 5.56 Å². The number of carbonyl (C=O) groups is 1. The van der Waals surface area contributed by atoms with Crippen LogP contribution in [-0.2, 0) is 4.79 Å². The van der Waals surface area contributed by atoms with Gasteiger partial charge in [0, 0.05) is 29.2 Å². The number of non-ortho nitro benzene ring substituents is 1. The minimum atomic E-state index is -0.485. The van der Waals surface area contributed by atoms with Gasteiger partial charge in [0.2, 0.25) is 5.91 Å². The molecule has 0 fully saturated rings. The number of aromatic nitrogens is 1. The largest absolute Gasteiger partial charge is 0.298 e. The number of halogens is 1. The maximum absolute atomic E-state index is 13.0. The van der Waals surface area contributed by atoms with Gasteiger partial charge in [-0.3, -0.25) is 20.2 Å². The summed E-state index contributed by atoms with van der Waals surface area (Å²) in [5.41, 5.74) is 2.05. The minimum Gasteiger partial charge on any atom is -0.298 e. The van der Waals surface area contributed by atoms with E-state index in [4.69, 9.17) is 0 Å². The number of hydrogen-bond donors (Lipinski definition) is 1. The molecule has 0 radical (unpaired) electrons. The first-order valence-corrected chi connectivity index (χ1v) is 8.34. The van der Waals surface area contributed by atoms with E-state index >= 15 is 0 Å². The molecule has 0 aliphatic rings. The minimum absolute atomic E-state index is 0.0114. The Morgan fingerprint density at radius 1 is 1.15 bits per heavy atom. The van der Waals surface area contributed by atoms with Crippen molar-refractivity contribution in [2.24, 2.45) is 0 Å². The molecular formula is C18H12FN3O3S. The van der Waals surface area contributed by atoms with Crippen molar-refractivity contribution in [1.29, 1.82) is 0 Å². The number of anilines is 1. The predicted octanol–water partition coefficient (Wildman–Crippen LogP) is 4.51. The maximum atomic E-state index is 13.0. The second kappa shape index (κ2) is 7.66. The van der Waals surface area contributed by atoms with Crippen molar-refractivity contribution in [3.63, 3.8) is 0 Å². The van der Waals surface area contributed by atoms with E-state index < -0.39 is 4.92 Å². The van der Waals surface area contributed by atoms with Gasteiger partial charge < -0.3 is 0 Å². The van der Waals surface area contributed by atoms with Crippen LogP contribution in [0.15, 0.2) is 60.0 Å². The highest BCUT2D eigenvalue weighted by Gasteiger charge is 2.07. The van der Waals surface area contributed by atoms with Gasteiger partial charge in [0.25, 0.3) is 5.69 Å². The van der Waals surface area contributed by atoms with Gasteiger partial charge in [-0.1, -0.05) is 0 Å². The molecule has 0 spiro atoms. The van der Waals surface area contributed by atoms with E-state index in [1.165, 1.54) is 41.7 Å². The number of nitro benzene ring substituents is 1. The SMILES string of the molecule is O=C(C=Cc1ccc([N+](=O)[O-])cc1)Nc1nc(-c2ccc(F)cc2)cs1. The van der Waals surface area contributed by atoms with Gasteiger partial charge in [-0.25, -0.2) is 9.37 Å². The van der Waals surface area contributed by atoms with Crippen molar-refractivity contribution in [3.05, 3.63) is 81.5 Å². The first kappa shape index (κ1) is 17.4. The number of thiazole rings is 1. The zero-order valence-corrected chi connectivity index (χ0v) is 14.1. The van der Waals surface area contributed by atoms with Crippen LogP contribution in [0.25, 0.3) is 17.3 Å². The molecule has 3 rings (SSSR count). The van der Waals surface area contributed by atoms with Gasteiger partial charge in [-0.05, 0) is 48.0 Å². The van der Waals surface area contributed by atoms with Crippen molar-refractivity contribution in [2.45, 2.75) is 0 Å². The van der Waals surface area contributed by atoms with E-state index in [2.05, 4.69) is 10.3 Å². The molecule has 2 aromatic carbocycles. The van der Waals surface area contributed by atoms with Gasteiger partial charge >= 0.3 is 0 Å². The molecule has 0 atom stereocenters. The highest BCUT2D eigenvalue weighted by Crippen LogP contribution is 2.25. The van der Waals surface area contributed by atoms with Gasteiger partial charge in [-0.15, -0.1) is 11.3 Å². The maximum Gasteiger partial charge on any atom is 0.269 e. The van der Waals surface area contributed by atoms with Crippen LogP contribution in [0.2, 0.25) is 0 Å². The van der Waals surface area contributed by atoms with Crippen molar-refractivity contribution in [1.82, 2.24) is 4.98 Å². The number of nitro groups is 1. The third-order valence-electron chi connectivity index (χ3n) is 3.41. The quantitative estimate of drug-likeness (QED) is 0.407. The number of nitrogens with one attached hydrogen (secondary N) is 1. The third kappa shape index (κ3) is 4.37. The summed E-state index contributed by atoms with van der Waals surface area (Å²) in [6, 6.07) is 11.8. The van der Waals surface area contributed by atoms with E-state index in [1.54, 1.807) is 35.7 Å². The third-order valence-corrected chi connectivity index (χ3v) is 4.16. The zero-order chi connectivity index (χ0) is 18.5. The average molecular weight is 369 g/mol. The van der Waals surface area contributed by atoms with Crippen LogP contribution in [0.4, 0.5) is 15.2 Å². The number of amides is 1. The first-order chi connectivity index (χ1) is 12.5. The number of hydrogen-bond acceptors (Lipinski definition) is 5. The fourth-order valence-electron chi connectivity index (χ4n) is 2.11. The van der Waals surface area contributed by atoms with Crippen molar-refractivity contribution in [3.8, 4) is 11.3 Å². The lowest BCUT2D eigenvalue weighted by molar-refractivity contribution is -0.384. The number of rotatable bonds is 5. The molecule has 1 heterocycles. The molecule has 0 saturated heterocycles. The van der Waals surface area contributed by atoms with Crippen molar-refractivity contribution >= 4 is 34.1 Å². The topological polar surface area (TPSA) is 85.1 Å². The van der Waals surface area contributed by atoms with Crippen LogP contribution in [-0.4, -0.2) is 15.8 Å². The lowest BCUT2D eigenvalue weighted by atomic mass is 10.2. The van der Waals surface area contributed by atoms with Crippen LogP contribution < -0.4 is 5.32 Å². The highest BCUT2D eigenvalue weighted by atomic mass is 32.1. The lowest BCUT2D eigenvalue weighted by Crippen LogP contribution is -2.07. The van der Waals surface area contributed by atoms with Crippen LogP contribution in [0, 0.1) is 15.9 Å². The van der Waals surface area contributed by atoms with Crippen molar-refractivity contribution < 1.29 is 14.1 Å². The molecule has 0 aliphatic carbocycles. The van der Waals surface area contributed by atoms with Gasteiger partial charge in [-0.2, -0.15) is 0 Å². The van der Waals surface area contributed by atoms with Crippen LogP contribution in [0.3, 0.4) is 0 Å². The smallest absolute Gasteiger partial charge is 0.269 e. The normalized spacial score (nSPS) is 10.8. The molecule has 130 valence electrons. The zero-order valence-electron chi connectivity index (χ0n) is 13.3. The van der Waals surface area contributed by atoms with Gasteiger partial charge in [0.15, 0.2) is 5.13 Å². The summed E-state index contributed by atoms with van der Waals surface area (Å²) in [6.45, 7) is 0. The Morgan fingerprint density at radius 3 is 2.50 bits per heavy atom. The van der Waals surface area contributed by atoms with Gasteiger partial charge in [0.1, 0.15) is 5.82 Å². The van der Waals surface area contributed by atoms with E-state index in [-0.39, 0.29) is 17.4 Å². The molecule has 26 heavy (non-hydrogen) atoms. The Morgan fingerprint density at radius 2 is 1.85 bits per heavy atom. The molecule has 0 aliphatic heterocycles. The fourth-order valence-corrected chi connectivity index (χ4v) is 2.83. The van der Waals surface area contributed by atoms with Crippen LogP contribution in [0.5, 0.6) is 0 Å². The second-order valence-electron chi connectivity index (χ2n) is 5.22. The molecule has 0 unspecified atom stereocenters. The molecule has 0 bridgehead atoms. The fraction of sp³-hybridized carbons (Fsp3) is 0. The summed E-state index contributed by atoms with van der Waals surface area (Å²) in [7, 11) is 0. The number of nitrogens with zero attached hydrogens (tertiary/aromatic N) is 2. The van der Waals surface area contributed by atoms with E-state index in [0.29, 0.717) is 16.4 Å². The standard InChI is InChI=1S/C18H12FN3O3S/c19-14-6-4-13(5-7-14)16-11-26-18(20-16)21-17(23)10-3-12-1-8-15(9-2-12)22(24)25/h1-11H,(H,20,21,23). The Bertz CT molecular complexity index is 966. The Hall–Kier alpha value is -3.39. The average Bonchev–Trinajstić information content (AvgIpc) is 3.09. The van der Waals surface area contributed by atoms with Crippen LogP contribution >= 0.6 is 11.3 Å². The predicted molar refractivity (Wildman–Crippen MR) is 98.3 cm³/mol. The Labute approximate surface area is 151 Å². The summed E-state index contributed by atoms with van der Waals surface area (Å²) in [6.07, 6.45) is 2.87. The highest BCUT2D eigenvalue weighted by molar-refractivity contribution is 7.14. The summed E-state index contributed by atoms with van der Waals surface area (Å²) < 4.78 is 13.0. The summed E-state index contributed by atoms with van der Waals surface area (Å²) >= 11 is 1.26. The molecule has 1 N–H and O–H groups in total. The number of carbonyl (C=O) groups excluding carboxylic acids is 1. The first-order valence-electron chi connectivity index (χ1n) is 7.46. The van der Waals surface area contributed by atoms with Crippen molar-refractivity contribution in [2.75, 3.05) is 5.32 Å². The van der Waals surface area contributed by atoms with Gasteiger partial charge in [0.05, 0.1) is 10.6 Å². The summed E-state index contributed by atoms with van der Waals surface area (Å²) in [5.74, 6) is -0.697. The van der Waals surface area contributed by atoms with Crippen LogP contribution in [0.1, 0.15) is 5.56 Å². The van der Waals surface area contributed by atoms with E-state index in [9.17, 15) is 19.3 Å². The molecule has 1 aromatic heterocycles. The second-order valence-corrected chi connectivity index (χ2v) is 6.07. The molecule has 6 nitrogen and oxygen atoms in total.